The summed E-state index contributed by atoms with van der Waals surface area (Å²) in [5, 5.41) is 5.12. The zero-order valence-electron chi connectivity index (χ0n) is 25.3. The number of alkyl halides is 1. The van der Waals surface area contributed by atoms with E-state index in [1.165, 1.54) is 12.0 Å². The first-order valence-corrected chi connectivity index (χ1v) is 14.6. The summed E-state index contributed by atoms with van der Waals surface area (Å²) in [6.45, 7) is 6.61. The van der Waals surface area contributed by atoms with E-state index in [4.69, 9.17) is 15.2 Å². The van der Waals surface area contributed by atoms with E-state index in [0.29, 0.717) is 6.42 Å². The van der Waals surface area contributed by atoms with Gasteiger partial charge in [-0.15, -0.1) is 0 Å². The summed E-state index contributed by atoms with van der Waals surface area (Å²) in [5.74, 6) is -5.15. The standard InChI is InChI=1S/C29H38F2N6O7/c1-13-16(31)7-6-14-11-36(25(40)21(28(2,3)4)34-27(42)43-5)20(19(13)14)24(39)37-12-29(9-17(37)22(32)38)26(41)35-23-18(44-29)8-15(30)10-33-23/h8,10,13-14,16-17,19-21H,6-7,9,11-12H2,1-5H3,(H2,32,38)(H,34,42)(H,33,35,41)/t13-,14+,16-,17+,19+,20+,21-,29-/m1/s1. The molecule has 4 N–H and O–H groups in total. The number of carbonyl (C=O) groups is 5. The van der Waals surface area contributed by atoms with Gasteiger partial charge in [-0.25, -0.2) is 18.6 Å². The smallest absolute Gasteiger partial charge is 0.407 e. The normalized spacial score (nSPS) is 31.8. The van der Waals surface area contributed by atoms with E-state index < -0.39 is 89.2 Å². The molecular weight excluding hydrogens is 582 g/mol. The van der Waals surface area contributed by atoms with Gasteiger partial charge in [-0.3, -0.25) is 19.2 Å². The summed E-state index contributed by atoms with van der Waals surface area (Å²) in [4.78, 5) is 73.4. The molecule has 5 rings (SSSR count). The summed E-state index contributed by atoms with van der Waals surface area (Å²) >= 11 is 0. The van der Waals surface area contributed by atoms with E-state index in [2.05, 4.69) is 15.6 Å². The maximum absolute atomic E-state index is 15.2. The van der Waals surface area contributed by atoms with E-state index in [1.807, 2.05) is 0 Å². The molecule has 3 fully saturated rings. The summed E-state index contributed by atoms with van der Waals surface area (Å²) in [5.41, 5.74) is 3.13. The largest absolute Gasteiger partial charge is 0.471 e. The molecule has 0 bridgehead atoms. The van der Waals surface area contributed by atoms with Crippen LogP contribution in [0.4, 0.5) is 19.4 Å². The van der Waals surface area contributed by atoms with E-state index in [-0.39, 0.29) is 36.9 Å². The number of fused-ring (bicyclic) bond motifs is 2. The monoisotopic (exact) mass is 620 g/mol. The quantitative estimate of drug-likeness (QED) is 0.453. The Kier molecular flexibility index (Phi) is 7.95. The highest BCUT2D eigenvalue weighted by Crippen LogP contribution is 2.47. The molecule has 0 unspecified atom stereocenters. The number of nitrogens with one attached hydrogen (secondary N) is 2. The first-order valence-electron chi connectivity index (χ1n) is 14.6. The van der Waals surface area contributed by atoms with Crippen LogP contribution in [0.1, 0.15) is 47.0 Å². The number of rotatable bonds is 4. The van der Waals surface area contributed by atoms with Crippen molar-refractivity contribution in [2.75, 3.05) is 25.5 Å². The molecule has 0 radical (unpaired) electrons. The highest BCUT2D eigenvalue weighted by Gasteiger charge is 2.61. The molecule has 1 spiro atoms. The van der Waals surface area contributed by atoms with Gasteiger partial charge in [0, 0.05) is 19.0 Å². The van der Waals surface area contributed by atoms with Crippen LogP contribution in [0.25, 0.3) is 0 Å². The number of hydrogen-bond donors (Lipinski definition) is 3. The predicted molar refractivity (Wildman–Crippen MR) is 150 cm³/mol. The molecule has 1 aliphatic carbocycles. The van der Waals surface area contributed by atoms with Crippen molar-refractivity contribution in [2.24, 2.45) is 28.9 Å². The number of amides is 5. The lowest BCUT2D eigenvalue weighted by atomic mass is 9.70. The fourth-order valence-electron chi connectivity index (χ4n) is 7.18. The minimum Gasteiger partial charge on any atom is -0.471 e. The molecule has 0 aromatic carbocycles. The van der Waals surface area contributed by atoms with Gasteiger partial charge >= 0.3 is 6.09 Å². The number of hydrogen-bond acceptors (Lipinski definition) is 8. The molecule has 1 aromatic heterocycles. The van der Waals surface area contributed by atoms with Crippen molar-refractivity contribution in [2.45, 2.75) is 76.9 Å². The Hall–Kier alpha value is -4.04. The fraction of sp³-hybridized carbons (Fsp3) is 0.655. The third-order valence-corrected chi connectivity index (χ3v) is 9.47. The summed E-state index contributed by atoms with van der Waals surface area (Å²) < 4.78 is 39.8. The molecule has 1 saturated carbocycles. The fourth-order valence-corrected chi connectivity index (χ4v) is 7.18. The van der Waals surface area contributed by atoms with E-state index >= 15 is 4.39 Å². The Morgan fingerprint density at radius 2 is 1.95 bits per heavy atom. The second-order valence-corrected chi connectivity index (χ2v) is 13.3. The van der Waals surface area contributed by atoms with Gasteiger partial charge in [0.15, 0.2) is 11.6 Å². The Morgan fingerprint density at radius 1 is 1.25 bits per heavy atom. The maximum Gasteiger partial charge on any atom is 0.407 e. The van der Waals surface area contributed by atoms with Crippen LogP contribution in [-0.2, 0) is 23.9 Å². The second kappa shape index (κ2) is 11.1. The van der Waals surface area contributed by atoms with Crippen molar-refractivity contribution in [1.29, 1.82) is 0 Å². The van der Waals surface area contributed by atoms with Gasteiger partial charge in [-0.2, -0.15) is 0 Å². The lowest BCUT2D eigenvalue weighted by Crippen LogP contribution is -2.60. The predicted octanol–water partition coefficient (Wildman–Crippen LogP) is 1.36. The van der Waals surface area contributed by atoms with Gasteiger partial charge in [-0.05, 0) is 36.0 Å². The van der Waals surface area contributed by atoms with Gasteiger partial charge in [0.2, 0.25) is 23.3 Å². The van der Waals surface area contributed by atoms with Crippen molar-refractivity contribution in [3.8, 4) is 5.75 Å². The van der Waals surface area contributed by atoms with Gasteiger partial charge in [0.05, 0.1) is 19.9 Å². The van der Waals surface area contributed by atoms with Crippen LogP contribution in [-0.4, -0.2) is 94.6 Å². The number of nitrogens with two attached hydrogens (primary N) is 1. The first kappa shape index (κ1) is 31.4. The zero-order valence-corrected chi connectivity index (χ0v) is 25.3. The lowest BCUT2D eigenvalue weighted by molar-refractivity contribution is -0.150. The molecule has 4 aliphatic rings. The summed E-state index contributed by atoms with van der Waals surface area (Å²) in [6.07, 6.45) is -0.793. The third kappa shape index (κ3) is 5.30. The van der Waals surface area contributed by atoms with Crippen molar-refractivity contribution in [1.82, 2.24) is 20.1 Å². The van der Waals surface area contributed by atoms with E-state index in [0.717, 1.165) is 17.2 Å². The van der Waals surface area contributed by atoms with Crippen LogP contribution < -0.4 is 21.1 Å². The van der Waals surface area contributed by atoms with Gasteiger partial charge < -0.3 is 35.6 Å². The van der Waals surface area contributed by atoms with Crippen molar-refractivity contribution in [3.63, 3.8) is 0 Å². The van der Waals surface area contributed by atoms with Crippen LogP contribution in [0.15, 0.2) is 12.3 Å². The molecule has 5 amide bonds. The van der Waals surface area contributed by atoms with Crippen LogP contribution in [0.2, 0.25) is 0 Å². The number of alkyl carbamates (subject to hydrolysis) is 1. The average molecular weight is 621 g/mol. The third-order valence-electron chi connectivity index (χ3n) is 9.47. The number of ether oxygens (including phenoxy) is 2. The molecular formula is C29H38F2N6O7. The molecule has 44 heavy (non-hydrogen) atoms. The van der Waals surface area contributed by atoms with E-state index in [9.17, 15) is 28.4 Å². The number of aromatic nitrogens is 1. The van der Waals surface area contributed by atoms with Gasteiger partial charge in [0.1, 0.15) is 30.1 Å². The van der Waals surface area contributed by atoms with Crippen molar-refractivity contribution >= 4 is 35.5 Å². The van der Waals surface area contributed by atoms with Crippen molar-refractivity contribution < 1.29 is 42.2 Å². The Balaban J connectivity index is 1.53. The van der Waals surface area contributed by atoms with Gasteiger partial charge in [-0.1, -0.05) is 27.7 Å². The number of anilines is 1. The zero-order chi connectivity index (χ0) is 32.3. The molecule has 13 nitrogen and oxygen atoms in total. The van der Waals surface area contributed by atoms with Crippen LogP contribution in [0, 0.1) is 29.0 Å². The topological polar surface area (TPSA) is 173 Å². The Bertz CT molecular complexity index is 1390. The molecule has 1 aromatic rings. The number of likely N-dealkylation sites (tertiary alicyclic amines) is 2. The van der Waals surface area contributed by atoms with Crippen molar-refractivity contribution in [3.05, 3.63) is 18.1 Å². The van der Waals surface area contributed by atoms with Crippen LogP contribution >= 0.6 is 0 Å². The number of methoxy groups -OCH3 is 1. The lowest BCUT2D eigenvalue weighted by Gasteiger charge is -2.40. The Morgan fingerprint density at radius 3 is 2.59 bits per heavy atom. The average Bonchev–Trinajstić information content (AvgIpc) is 3.54. The maximum atomic E-state index is 15.2. The molecule has 4 heterocycles. The van der Waals surface area contributed by atoms with Gasteiger partial charge in [0.25, 0.3) is 5.91 Å². The van der Waals surface area contributed by atoms with Crippen LogP contribution in [0.3, 0.4) is 0 Å². The SMILES string of the molecule is COC(=O)N[C@H](C(=O)N1C[C@@H]2CC[C@@H](F)[C@@H](C)[C@@H]2[C@H]1C(=O)N1C[C@@]2(C[C@H]1C(N)=O)Oc1cc(F)cnc1NC2=O)C(C)(C)C. The summed E-state index contributed by atoms with van der Waals surface area (Å²) in [6, 6.07) is -2.62. The number of nitrogens with zero attached hydrogens (tertiary/aromatic N) is 3. The minimum atomic E-state index is -1.80. The number of pyridine rings is 1. The number of carbonyl (C=O) groups excluding carboxylic acids is 5. The number of primary amides is 1. The molecule has 15 heteroatoms. The minimum absolute atomic E-state index is 0.0193. The molecule has 3 aliphatic heterocycles. The Labute approximate surface area is 253 Å². The molecule has 8 atom stereocenters. The molecule has 2 saturated heterocycles. The highest BCUT2D eigenvalue weighted by molar-refractivity contribution is 6.03. The first-order chi connectivity index (χ1) is 20.6. The van der Waals surface area contributed by atoms with E-state index in [1.54, 1.807) is 27.7 Å². The van der Waals surface area contributed by atoms with Crippen LogP contribution in [0.5, 0.6) is 5.75 Å². The summed E-state index contributed by atoms with van der Waals surface area (Å²) in [7, 11) is 1.17. The number of halogens is 2. The second-order valence-electron chi connectivity index (χ2n) is 13.3. The molecule has 240 valence electrons. The highest BCUT2D eigenvalue weighted by atomic mass is 19.1.